The van der Waals surface area contributed by atoms with Crippen LogP contribution >= 0.6 is 27.3 Å². The summed E-state index contributed by atoms with van der Waals surface area (Å²) in [6.45, 7) is 4.31. The van der Waals surface area contributed by atoms with Gasteiger partial charge in [0.05, 0.1) is 5.69 Å². The number of halogens is 1. The lowest BCUT2D eigenvalue weighted by Gasteiger charge is -1.96. The molecule has 0 aliphatic heterocycles. The molecule has 0 aromatic carbocycles. The Morgan fingerprint density at radius 2 is 2.21 bits per heavy atom. The molecule has 0 bridgehead atoms. The highest BCUT2D eigenvalue weighted by molar-refractivity contribution is 9.10. The maximum Gasteiger partial charge on any atom is 0.0943 e. The first-order valence-corrected chi connectivity index (χ1v) is 6.19. The third-order valence-electron chi connectivity index (χ3n) is 2.11. The normalized spacial score (nSPS) is 11.1. The van der Waals surface area contributed by atoms with Crippen molar-refractivity contribution >= 4 is 27.3 Å². The lowest BCUT2D eigenvalue weighted by atomic mass is 10.1. The lowest BCUT2D eigenvalue weighted by Crippen LogP contribution is -1.85. The van der Waals surface area contributed by atoms with Gasteiger partial charge in [0, 0.05) is 26.5 Å². The fraction of sp³-hybridized carbons (Fsp3) is 0.300. The molecule has 0 radical (unpaired) electrons. The maximum atomic E-state index is 4.29. The molecule has 0 fully saturated rings. The number of aromatic nitrogens is 2. The molecule has 0 saturated carbocycles. The third kappa shape index (κ3) is 1.77. The number of thiophene rings is 1. The molecule has 1 N–H and O–H groups in total. The van der Waals surface area contributed by atoms with Crippen LogP contribution in [0.5, 0.6) is 0 Å². The SMILES string of the molecule is CC(C)c1cc(-c2cscc2Br)n[nH]1. The molecule has 2 aromatic rings. The first kappa shape index (κ1) is 9.93. The Bertz CT molecular complexity index is 431. The van der Waals surface area contributed by atoms with Gasteiger partial charge < -0.3 is 0 Å². The van der Waals surface area contributed by atoms with Gasteiger partial charge in [-0.05, 0) is 27.9 Å². The molecule has 0 unspecified atom stereocenters. The molecule has 0 saturated heterocycles. The minimum atomic E-state index is 0.494. The van der Waals surface area contributed by atoms with Crippen molar-refractivity contribution in [2.45, 2.75) is 19.8 Å². The number of nitrogens with one attached hydrogen (secondary N) is 1. The van der Waals surface area contributed by atoms with Crippen LogP contribution in [0.3, 0.4) is 0 Å². The molecule has 14 heavy (non-hydrogen) atoms. The molecule has 4 heteroatoms. The van der Waals surface area contributed by atoms with Crippen molar-refractivity contribution in [2.24, 2.45) is 0 Å². The van der Waals surface area contributed by atoms with Crippen molar-refractivity contribution in [3.05, 3.63) is 27.0 Å². The zero-order valence-electron chi connectivity index (χ0n) is 8.04. The van der Waals surface area contributed by atoms with E-state index < -0.39 is 0 Å². The highest BCUT2D eigenvalue weighted by Crippen LogP contribution is 2.31. The Hall–Kier alpha value is -0.610. The summed E-state index contributed by atoms with van der Waals surface area (Å²) in [5, 5.41) is 11.5. The van der Waals surface area contributed by atoms with Gasteiger partial charge in [-0.1, -0.05) is 13.8 Å². The van der Waals surface area contributed by atoms with Crippen LogP contribution in [0.1, 0.15) is 25.5 Å². The van der Waals surface area contributed by atoms with Crippen molar-refractivity contribution in [1.29, 1.82) is 0 Å². The zero-order valence-corrected chi connectivity index (χ0v) is 10.4. The number of hydrogen-bond donors (Lipinski definition) is 1. The first-order valence-electron chi connectivity index (χ1n) is 4.46. The van der Waals surface area contributed by atoms with E-state index >= 15 is 0 Å². The Kier molecular flexibility index (Phi) is 2.74. The fourth-order valence-corrected chi connectivity index (χ4v) is 2.73. The zero-order chi connectivity index (χ0) is 10.1. The molecule has 2 heterocycles. The second kappa shape index (κ2) is 3.87. The number of H-pyrrole nitrogens is 1. The maximum absolute atomic E-state index is 4.29. The van der Waals surface area contributed by atoms with E-state index in [1.54, 1.807) is 11.3 Å². The van der Waals surface area contributed by atoms with E-state index in [1.807, 2.05) is 0 Å². The average molecular weight is 271 g/mol. The van der Waals surface area contributed by atoms with Gasteiger partial charge in [-0.25, -0.2) is 0 Å². The molecule has 74 valence electrons. The first-order chi connectivity index (χ1) is 6.68. The number of hydrogen-bond acceptors (Lipinski definition) is 2. The van der Waals surface area contributed by atoms with Crippen molar-refractivity contribution in [2.75, 3.05) is 0 Å². The standard InChI is InChI=1S/C10H11BrN2S/c1-6(2)9-3-10(13-12-9)7-4-14-5-8(7)11/h3-6H,1-2H3,(H,12,13). The van der Waals surface area contributed by atoms with Gasteiger partial charge in [-0.3, -0.25) is 5.10 Å². The second-order valence-electron chi connectivity index (χ2n) is 3.50. The molecule has 0 atom stereocenters. The van der Waals surface area contributed by atoms with Crippen LogP contribution in [-0.2, 0) is 0 Å². The van der Waals surface area contributed by atoms with E-state index in [0.717, 1.165) is 15.7 Å². The average Bonchev–Trinajstić information content (AvgIpc) is 2.71. The van der Waals surface area contributed by atoms with Crippen LogP contribution in [0.25, 0.3) is 11.3 Å². The minimum Gasteiger partial charge on any atom is -0.282 e. The number of rotatable bonds is 2. The summed E-state index contributed by atoms with van der Waals surface area (Å²) in [7, 11) is 0. The number of aromatic amines is 1. The van der Waals surface area contributed by atoms with Gasteiger partial charge in [0.2, 0.25) is 0 Å². The van der Waals surface area contributed by atoms with Crippen molar-refractivity contribution in [3.8, 4) is 11.3 Å². The van der Waals surface area contributed by atoms with Crippen LogP contribution in [0.15, 0.2) is 21.3 Å². The molecular weight excluding hydrogens is 260 g/mol. The third-order valence-corrected chi connectivity index (χ3v) is 3.81. The van der Waals surface area contributed by atoms with Gasteiger partial charge in [0.15, 0.2) is 0 Å². The molecule has 0 spiro atoms. The summed E-state index contributed by atoms with van der Waals surface area (Å²) in [6, 6.07) is 2.11. The minimum absolute atomic E-state index is 0.494. The van der Waals surface area contributed by atoms with E-state index in [1.165, 1.54) is 5.69 Å². The predicted octanol–water partition coefficient (Wildman–Crippen LogP) is 4.02. The Morgan fingerprint density at radius 3 is 2.71 bits per heavy atom. The topological polar surface area (TPSA) is 28.7 Å². The summed E-state index contributed by atoms with van der Waals surface area (Å²) in [5.74, 6) is 0.494. The van der Waals surface area contributed by atoms with E-state index in [2.05, 4.69) is 56.8 Å². The molecule has 0 amide bonds. The molecule has 2 rings (SSSR count). The molecule has 2 nitrogen and oxygen atoms in total. The molecule has 2 aromatic heterocycles. The Morgan fingerprint density at radius 1 is 1.43 bits per heavy atom. The summed E-state index contributed by atoms with van der Waals surface area (Å²) in [5.41, 5.74) is 3.36. The van der Waals surface area contributed by atoms with E-state index in [0.29, 0.717) is 5.92 Å². The smallest absolute Gasteiger partial charge is 0.0943 e. The lowest BCUT2D eigenvalue weighted by molar-refractivity contribution is 0.811. The highest BCUT2D eigenvalue weighted by Gasteiger charge is 2.09. The van der Waals surface area contributed by atoms with Crippen LogP contribution in [0.2, 0.25) is 0 Å². The van der Waals surface area contributed by atoms with Gasteiger partial charge >= 0.3 is 0 Å². The quantitative estimate of drug-likeness (QED) is 0.877. The van der Waals surface area contributed by atoms with Crippen LogP contribution < -0.4 is 0 Å². The van der Waals surface area contributed by atoms with Crippen molar-refractivity contribution in [3.63, 3.8) is 0 Å². The van der Waals surface area contributed by atoms with Gasteiger partial charge in [0.25, 0.3) is 0 Å². The Labute approximate surface area is 95.5 Å². The second-order valence-corrected chi connectivity index (χ2v) is 5.09. The van der Waals surface area contributed by atoms with E-state index in [4.69, 9.17) is 0 Å². The summed E-state index contributed by atoms with van der Waals surface area (Å²) in [6.07, 6.45) is 0. The summed E-state index contributed by atoms with van der Waals surface area (Å²) in [4.78, 5) is 0. The summed E-state index contributed by atoms with van der Waals surface area (Å²) >= 11 is 5.18. The van der Waals surface area contributed by atoms with E-state index in [9.17, 15) is 0 Å². The monoisotopic (exact) mass is 270 g/mol. The highest BCUT2D eigenvalue weighted by atomic mass is 79.9. The predicted molar refractivity (Wildman–Crippen MR) is 63.7 cm³/mol. The van der Waals surface area contributed by atoms with Crippen molar-refractivity contribution in [1.82, 2.24) is 10.2 Å². The Balaban J connectivity index is 2.39. The van der Waals surface area contributed by atoms with Gasteiger partial charge in [-0.2, -0.15) is 16.4 Å². The van der Waals surface area contributed by atoms with Crippen LogP contribution in [0, 0.1) is 0 Å². The molecular formula is C10H11BrN2S. The number of nitrogens with zero attached hydrogens (tertiary/aromatic N) is 1. The van der Waals surface area contributed by atoms with Crippen LogP contribution in [-0.4, -0.2) is 10.2 Å². The van der Waals surface area contributed by atoms with Crippen LogP contribution in [0.4, 0.5) is 0 Å². The van der Waals surface area contributed by atoms with E-state index in [-0.39, 0.29) is 0 Å². The molecule has 0 aliphatic carbocycles. The van der Waals surface area contributed by atoms with Crippen molar-refractivity contribution < 1.29 is 0 Å². The summed E-state index contributed by atoms with van der Waals surface area (Å²) < 4.78 is 1.12. The fourth-order valence-electron chi connectivity index (χ4n) is 1.23. The largest absolute Gasteiger partial charge is 0.282 e. The van der Waals surface area contributed by atoms with Gasteiger partial charge in [0.1, 0.15) is 0 Å². The van der Waals surface area contributed by atoms with Gasteiger partial charge in [-0.15, -0.1) is 0 Å². The molecule has 0 aliphatic rings.